The molecule has 7 heteroatoms. The normalized spacial score (nSPS) is 11.0. The van der Waals surface area contributed by atoms with Gasteiger partial charge in [0.1, 0.15) is 5.82 Å². The third kappa shape index (κ3) is 2.63. The zero-order valence-corrected chi connectivity index (χ0v) is 11.7. The Balaban J connectivity index is 1.83. The minimum absolute atomic E-state index is 0.340. The molecule has 21 heavy (non-hydrogen) atoms. The highest BCUT2D eigenvalue weighted by Gasteiger charge is 2.07. The van der Waals surface area contributed by atoms with Crippen LogP contribution in [0.4, 0.5) is 5.82 Å². The molecule has 3 rings (SSSR count). The predicted octanol–water partition coefficient (Wildman–Crippen LogP) is 0.513. The number of anilines is 1. The summed E-state index contributed by atoms with van der Waals surface area (Å²) in [6, 6.07) is 11.7. The minimum Gasteiger partial charge on any atom is -0.354 e. The van der Waals surface area contributed by atoms with E-state index in [1.54, 1.807) is 6.07 Å². The van der Waals surface area contributed by atoms with Crippen molar-refractivity contribution >= 4 is 11.5 Å². The molecule has 3 aromatic rings. The van der Waals surface area contributed by atoms with Crippen molar-refractivity contribution < 1.29 is 0 Å². The predicted molar refractivity (Wildman–Crippen MR) is 80.0 cm³/mol. The van der Waals surface area contributed by atoms with Crippen molar-refractivity contribution in [3.05, 3.63) is 58.0 Å². The highest BCUT2D eigenvalue weighted by atomic mass is 16.2. The standard InChI is InChI=1S/C14H16N6O/c1-19(9-11-4-2-10(8-15)3-5-11)13-7-6-12-16-17-14(21)20(12)18-13/h2-7H,8-9,15H2,1H3,(H,17,21). The quantitative estimate of drug-likeness (QED) is 0.728. The molecule has 0 saturated heterocycles. The van der Waals surface area contributed by atoms with Crippen LogP contribution in [-0.4, -0.2) is 26.9 Å². The monoisotopic (exact) mass is 284 g/mol. The highest BCUT2D eigenvalue weighted by Crippen LogP contribution is 2.13. The molecule has 0 bridgehead atoms. The number of nitrogens with zero attached hydrogens (tertiary/aromatic N) is 4. The zero-order chi connectivity index (χ0) is 14.8. The fourth-order valence-corrected chi connectivity index (χ4v) is 2.13. The number of hydrogen-bond donors (Lipinski definition) is 2. The van der Waals surface area contributed by atoms with Gasteiger partial charge in [-0.05, 0) is 23.3 Å². The molecule has 7 nitrogen and oxygen atoms in total. The van der Waals surface area contributed by atoms with Crippen molar-refractivity contribution in [2.45, 2.75) is 13.1 Å². The van der Waals surface area contributed by atoms with E-state index in [-0.39, 0.29) is 5.69 Å². The lowest BCUT2D eigenvalue weighted by atomic mass is 10.1. The fraction of sp³-hybridized carbons (Fsp3) is 0.214. The lowest BCUT2D eigenvalue weighted by molar-refractivity contribution is 0.820. The Labute approximate surface area is 121 Å². The van der Waals surface area contributed by atoms with E-state index < -0.39 is 0 Å². The number of rotatable bonds is 4. The maximum absolute atomic E-state index is 11.5. The highest BCUT2D eigenvalue weighted by molar-refractivity contribution is 5.45. The Hall–Kier alpha value is -2.67. The first-order chi connectivity index (χ1) is 10.2. The molecule has 0 radical (unpaired) electrons. The van der Waals surface area contributed by atoms with Crippen LogP contribution in [0.1, 0.15) is 11.1 Å². The van der Waals surface area contributed by atoms with Gasteiger partial charge in [0.15, 0.2) is 5.65 Å². The van der Waals surface area contributed by atoms with Crippen LogP contribution in [0.5, 0.6) is 0 Å². The Morgan fingerprint density at radius 1 is 1.19 bits per heavy atom. The van der Waals surface area contributed by atoms with Gasteiger partial charge in [-0.15, -0.1) is 5.10 Å². The third-order valence-electron chi connectivity index (χ3n) is 3.33. The van der Waals surface area contributed by atoms with Crippen LogP contribution in [0.25, 0.3) is 5.65 Å². The zero-order valence-electron chi connectivity index (χ0n) is 11.7. The van der Waals surface area contributed by atoms with Crippen molar-refractivity contribution in [3.63, 3.8) is 0 Å². The van der Waals surface area contributed by atoms with Crippen LogP contribution in [0.3, 0.4) is 0 Å². The van der Waals surface area contributed by atoms with Gasteiger partial charge in [-0.3, -0.25) is 0 Å². The number of benzene rings is 1. The molecule has 0 atom stereocenters. The summed E-state index contributed by atoms with van der Waals surface area (Å²) >= 11 is 0. The molecule has 108 valence electrons. The fourth-order valence-electron chi connectivity index (χ4n) is 2.13. The summed E-state index contributed by atoms with van der Waals surface area (Å²) in [6.07, 6.45) is 0. The van der Waals surface area contributed by atoms with Gasteiger partial charge < -0.3 is 10.6 Å². The molecule has 0 aliphatic carbocycles. The molecule has 0 aliphatic heterocycles. The summed E-state index contributed by atoms with van der Waals surface area (Å²) in [5, 5.41) is 10.5. The van der Waals surface area contributed by atoms with E-state index >= 15 is 0 Å². The van der Waals surface area contributed by atoms with E-state index in [1.807, 2.05) is 42.3 Å². The van der Waals surface area contributed by atoms with Crippen molar-refractivity contribution in [3.8, 4) is 0 Å². The first-order valence-electron chi connectivity index (χ1n) is 6.61. The van der Waals surface area contributed by atoms with Crippen molar-refractivity contribution in [2.75, 3.05) is 11.9 Å². The second-order valence-electron chi connectivity index (χ2n) is 4.87. The molecule has 2 heterocycles. The molecule has 1 aromatic carbocycles. The average molecular weight is 284 g/mol. The first-order valence-corrected chi connectivity index (χ1v) is 6.61. The van der Waals surface area contributed by atoms with E-state index in [0.717, 1.165) is 11.1 Å². The summed E-state index contributed by atoms with van der Waals surface area (Å²) < 4.78 is 1.25. The lowest BCUT2D eigenvalue weighted by Gasteiger charge is -2.18. The summed E-state index contributed by atoms with van der Waals surface area (Å²) in [5.74, 6) is 0.703. The molecule has 0 spiro atoms. The van der Waals surface area contributed by atoms with Gasteiger partial charge in [0.05, 0.1) is 0 Å². The van der Waals surface area contributed by atoms with Gasteiger partial charge in [0.25, 0.3) is 0 Å². The van der Waals surface area contributed by atoms with Gasteiger partial charge >= 0.3 is 5.69 Å². The Kier molecular flexibility index (Phi) is 3.41. The van der Waals surface area contributed by atoms with Crippen molar-refractivity contribution in [1.29, 1.82) is 0 Å². The minimum atomic E-state index is -0.340. The van der Waals surface area contributed by atoms with Gasteiger partial charge in [-0.25, -0.2) is 9.89 Å². The molecule has 0 amide bonds. The van der Waals surface area contributed by atoms with E-state index in [4.69, 9.17) is 5.73 Å². The van der Waals surface area contributed by atoms with E-state index in [1.165, 1.54) is 4.52 Å². The van der Waals surface area contributed by atoms with Crippen LogP contribution < -0.4 is 16.3 Å². The maximum atomic E-state index is 11.5. The number of aromatic nitrogens is 4. The second-order valence-corrected chi connectivity index (χ2v) is 4.87. The SMILES string of the molecule is CN(Cc1ccc(CN)cc1)c1ccc2n[nH]c(=O)n2n1. The molecule has 0 fully saturated rings. The number of nitrogens with two attached hydrogens (primary N) is 1. The molecule has 0 unspecified atom stereocenters. The van der Waals surface area contributed by atoms with Gasteiger partial charge in [-0.1, -0.05) is 24.3 Å². The van der Waals surface area contributed by atoms with E-state index in [9.17, 15) is 4.79 Å². The topological polar surface area (TPSA) is 92.3 Å². The molecule has 2 aromatic heterocycles. The van der Waals surface area contributed by atoms with E-state index in [2.05, 4.69) is 15.3 Å². The summed E-state index contributed by atoms with van der Waals surface area (Å²) in [6.45, 7) is 1.23. The largest absolute Gasteiger partial charge is 0.364 e. The van der Waals surface area contributed by atoms with Crippen molar-refractivity contribution in [1.82, 2.24) is 19.8 Å². The molecule has 0 aliphatic rings. The van der Waals surface area contributed by atoms with Crippen LogP contribution in [-0.2, 0) is 13.1 Å². The number of hydrogen-bond acceptors (Lipinski definition) is 5. The lowest BCUT2D eigenvalue weighted by Crippen LogP contribution is -2.21. The number of H-pyrrole nitrogens is 1. The Morgan fingerprint density at radius 2 is 1.90 bits per heavy atom. The maximum Gasteiger partial charge on any atom is 0.364 e. The van der Waals surface area contributed by atoms with Crippen molar-refractivity contribution in [2.24, 2.45) is 5.73 Å². The molecular formula is C14H16N6O. The van der Waals surface area contributed by atoms with E-state index in [0.29, 0.717) is 24.6 Å². The number of fused-ring (bicyclic) bond motifs is 1. The van der Waals surface area contributed by atoms with Gasteiger partial charge in [-0.2, -0.15) is 9.61 Å². The van der Waals surface area contributed by atoms with Crippen LogP contribution in [0.15, 0.2) is 41.2 Å². The molecule has 0 saturated carbocycles. The van der Waals surface area contributed by atoms with Crippen LogP contribution in [0, 0.1) is 0 Å². The third-order valence-corrected chi connectivity index (χ3v) is 3.33. The first kappa shape index (κ1) is 13.3. The van der Waals surface area contributed by atoms with Gasteiger partial charge in [0.2, 0.25) is 0 Å². The summed E-state index contributed by atoms with van der Waals surface area (Å²) in [4.78, 5) is 13.5. The Morgan fingerprint density at radius 3 is 2.62 bits per heavy atom. The smallest absolute Gasteiger partial charge is 0.354 e. The molecule has 3 N–H and O–H groups in total. The molecular weight excluding hydrogens is 268 g/mol. The van der Waals surface area contributed by atoms with Crippen LogP contribution in [0.2, 0.25) is 0 Å². The van der Waals surface area contributed by atoms with Gasteiger partial charge in [0, 0.05) is 20.1 Å². The average Bonchev–Trinajstić information content (AvgIpc) is 2.89. The number of nitrogens with one attached hydrogen (secondary N) is 1. The second kappa shape index (κ2) is 5.37. The Bertz CT molecular complexity index is 804. The van der Waals surface area contributed by atoms with Crippen LogP contribution >= 0.6 is 0 Å². The summed E-state index contributed by atoms with van der Waals surface area (Å²) in [5.41, 5.74) is 8.00. The number of aromatic amines is 1. The summed E-state index contributed by atoms with van der Waals surface area (Å²) in [7, 11) is 1.93.